The van der Waals surface area contributed by atoms with Crippen molar-refractivity contribution in [1.82, 2.24) is 0 Å². The van der Waals surface area contributed by atoms with Crippen molar-refractivity contribution < 1.29 is 19.4 Å². The smallest absolute Gasteiger partial charge is 0.306 e. The van der Waals surface area contributed by atoms with Crippen molar-refractivity contribution in [2.45, 2.75) is 65.9 Å². The lowest BCUT2D eigenvalue weighted by atomic mass is 10.2. The third-order valence-corrected chi connectivity index (χ3v) is 1.34. The highest BCUT2D eigenvalue weighted by atomic mass is 16.6. The van der Waals surface area contributed by atoms with Gasteiger partial charge in [-0.05, 0) is 33.6 Å². The molecule has 4 nitrogen and oxygen atoms in total. The number of carbonyl (C=O) groups excluding carboxylic acids is 1. The number of carboxylic acids is 1. The molecule has 0 spiro atoms. The molecule has 0 aliphatic rings. The van der Waals surface area contributed by atoms with Gasteiger partial charge in [-0.15, -0.1) is 0 Å². The first-order valence-electron chi connectivity index (χ1n) is 5.66. The highest BCUT2D eigenvalue weighted by molar-refractivity contribution is 5.69. The molecule has 0 aliphatic carbocycles. The van der Waals surface area contributed by atoms with Gasteiger partial charge in [0.15, 0.2) is 0 Å². The van der Waals surface area contributed by atoms with Gasteiger partial charge in [0.25, 0.3) is 0 Å². The Morgan fingerprint density at radius 2 is 1.50 bits per heavy atom. The zero-order valence-corrected chi connectivity index (χ0v) is 11.0. The Hall–Kier alpha value is -1.06. The minimum atomic E-state index is -0.711. The van der Waals surface area contributed by atoms with E-state index in [1.807, 2.05) is 34.6 Å². The molecule has 0 atom stereocenters. The van der Waals surface area contributed by atoms with Crippen molar-refractivity contribution in [3.63, 3.8) is 0 Å². The predicted octanol–water partition coefficient (Wildman–Crippen LogP) is 3.00. The Morgan fingerprint density at radius 1 is 1.06 bits per heavy atom. The fraction of sp³-hybridized carbons (Fsp3) is 0.833. The lowest BCUT2D eigenvalue weighted by molar-refractivity contribution is -0.154. The molecule has 0 radical (unpaired) electrons. The summed E-state index contributed by atoms with van der Waals surface area (Å²) in [7, 11) is 0. The average molecular weight is 232 g/mol. The van der Waals surface area contributed by atoms with Crippen LogP contribution in [0.4, 0.5) is 0 Å². The van der Waals surface area contributed by atoms with Crippen molar-refractivity contribution in [3.8, 4) is 0 Å². The zero-order valence-electron chi connectivity index (χ0n) is 11.0. The second-order valence-electron chi connectivity index (χ2n) is 4.48. The quantitative estimate of drug-likeness (QED) is 0.757. The van der Waals surface area contributed by atoms with Crippen LogP contribution in [0.2, 0.25) is 0 Å². The van der Waals surface area contributed by atoms with Crippen molar-refractivity contribution in [2.75, 3.05) is 0 Å². The van der Waals surface area contributed by atoms with Crippen LogP contribution in [0.5, 0.6) is 0 Å². The highest BCUT2D eigenvalue weighted by Crippen LogP contribution is 2.08. The fourth-order valence-corrected chi connectivity index (χ4v) is 0.811. The van der Waals surface area contributed by atoms with E-state index in [1.165, 1.54) is 0 Å². The molecular weight excluding hydrogens is 208 g/mol. The SMILES string of the molecule is CCCC(=O)O.CCCC(=O)OC(C)(C)C. The van der Waals surface area contributed by atoms with Gasteiger partial charge in [-0.1, -0.05) is 13.8 Å². The second kappa shape index (κ2) is 9.19. The van der Waals surface area contributed by atoms with Gasteiger partial charge < -0.3 is 9.84 Å². The molecule has 0 saturated carbocycles. The van der Waals surface area contributed by atoms with Crippen molar-refractivity contribution >= 4 is 11.9 Å². The van der Waals surface area contributed by atoms with E-state index in [0.717, 1.165) is 12.8 Å². The Labute approximate surface area is 98.0 Å². The van der Waals surface area contributed by atoms with E-state index in [2.05, 4.69) is 0 Å². The minimum Gasteiger partial charge on any atom is -0.481 e. The standard InChI is InChI=1S/C8H16O2.C4H8O2/c1-5-6-7(9)10-8(2,3)4;1-2-3-4(5)6/h5-6H2,1-4H3;2-3H2,1H3,(H,5,6). The van der Waals surface area contributed by atoms with Gasteiger partial charge in [0, 0.05) is 12.8 Å². The van der Waals surface area contributed by atoms with E-state index in [1.54, 1.807) is 0 Å². The number of carboxylic acid groups (broad SMARTS) is 1. The van der Waals surface area contributed by atoms with Gasteiger partial charge in [0.05, 0.1) is 0 Å². The van der Waals surface area contributed by atoms with Gasteiger partial charge in [0.1, 0.15) is 5.60 Å². The number of ether oxygens (including phenoxy) is 1. The molecule has 1 N–H and O–H groups in total. The van der Waals surface area contributed by atoms with E-state index < -0.39 is 5.97 Å². The monoisotopic (exact) mass is 232 g/mol. The number of esters is 1. The molecular formula is C12H24O4. The molecule has 0 amide bonds. The Kier molecular flexibility index (Phi) is 9.96. The molecule has 0 aromatic heterocycles. The second-order valence-corrected chi connectivity index (χ2v) is 4.48. The van der Waals surface area contributed by atoms with Crippen LogP contribution in [-0.4, -0.2) is 22.6 Å². The van der Waals surface area contributed by atoms with Crippen LogP contribution in [0.1, 0.15) is 60.3 Å². The lowest BCUT2D eigenvalue weighted by Crippen LogP contribution is -2.23. The normalized spacial score (nSPS) is 10.1. The van der Waals surface area contributed by atoms with E-state index in [-0.39, 0.29) is 11.6 Å². The zero-order chi connectivity index (χ0) is 13.2. The maximum atomic E-state index is 10.8. The molecule has 0 saturated heterocycles. The molecule has 0 unspecified atom stereocenters. The number of carbonyl (C=O) groups is 2. The maximum Gasteiger partial charge on any atom is 0.306 e. The van der Waals surface area contributed by atoms with Crippen molar-refractivity contribution in [3.05, 3.63) is 0 Å². The number of hydrogen-bond donors (Lipinski definition) is 1. The van der Waals surface area contributed by atoms with E-state index in [0.29, 0.717) is 12.8 Å². The third-order valence-electron chi connectivity index (χ3n) is 1.34. The Morgan fingerprint density at radius 3 is 1.69 bits per heavy atom. The fourth-order valence-electron chi connectivity index (χ4n) is 0.811. The molecule has 0 aromatic carbocycles. The largest absolute Gasteiger partial charge is 0.481 e. The molecule has 0 aromatic rings. The van der Waals surface area contributed by atoms with Crippen LogP contribution in [0, 0.1) is 0 Å². The van der Waals surface area contributed by atoms with Crippen LogP contribution in [-0.2, 0) is 14.3 Å². The van der Waals surface area contributed by atoms with Crippen LogP contribution in [0.15, 0.2) is 0 Å². The van der Waals surface area contributed by atoms with Gasteiger partial charge in [-0.25, -0.2) is 0 Å². The van der Waals surface area contributed by atoms with Crippen LogP contribution in [0.3, 0.4) is 0 Å². The molecule has 0 rings (SSSR count). The first-order chi connectivity index (χ1) is 7.22. The number of hydrogen-bond acceptors (Lipinski definition) is 3. The molecule has 4 heteroatoms. The molecule has 16 heavy (non-hydrogen) atoms. The summed E-state index contributed by atoms with van der Waals surface area (Å²) < 4.78 is 5.04. The Bertz CT molecular complexity index is 204. The first kappa shape index (κ1) is 17.3. The summed E-state index contributed by atoms with van der Waals surface area (Å²) in [4.78, 5) is 20.4. The van der Waals surface area contributed by atoms with E-state index in [4.69, 9.17) is 9.84 Å². The van der Waals surface area contributed by atoms with Crippen LogP contribution < -0.4 is 0 Å². The molecule has 0 aliphatic heterocycles. The Balaban J connectivity index is 0. The van der Waals surface area contributed by atoms with Crippen molar-refractivity contribution in [2.24, 2.45) is 0 Å². The van der Waals surface area contributed by atoms with Crippen molar-refractivity contribution in [1.29, 1.82) is 0 Å². The molecule has 0 heterocycles. The lowest BCUT2D eigenvalue weighted by Gasteiger charge is -2.18. The van der Waals surface area contributed by atoms with Crippen LogP contribution in [0.25, 0.3) is 0 Å². The minimum absolute atomic E-state index is 0.102. The average Bonchev–Trinajstić information content (AvgIpc) is 2.01. The van der Waals surface area contributed by atoms with Gasteiger partial charge in [0.2, 0.25) is 0 Å². The number of rotatable bonds is 4. The molecule has 96 valence electrons. The van der Waals surface area contributed by atoms with E-state index in [9.17, 15) is 9.59 Å². The summed E-state index contributed by atoms with van der Waals surface area (Å²) >= 11 is 0. The summed E-state index contributed by atoms with van der Waals surface area (Å²) in [5.41, 5.74) is -0.327. The van der Waals surface area contributed by atoms with Gasteiger partial charge in [-0.3, -0.25) is 9.59 Å². The summed E-state index contributed by atoms with van der Waals surface area (Å²) in [6.45, 7) is 9.43. The number of aliphatic carboxylic acids is 1. The summed E-state index contributed by atoms with van der Waals surface area (Å²) in [5.74, 6) is -0.812. The van der Waals surface area contributed by atoms with Gasteiger partial charge >= 0.3 is 11.9 Å². The predicted molar refractivity (Wildman–Crippen MR) is 63.3 cm³/mol. The maximum absolute atomic E-state index is 10.8. The summed E-state index contributed by atoms with van der Waals surface area (Å²) in [6, 6.07) is 0. The van der Waals surface area contributed by atoms with E-state index >= 15 is 0 Å². The summed E-state index contributed by atoms with van der Waals surface area (Å²) in [5, 5.41) is 7.91. The highest BCUT2D eigenvalue weighted by Gasteiger charge is 2.14. The first-order valence-corrected chi connectivity index (χ1v) is 5.66. The molecule has 0 bridgehead atoms. The van der Waals surface area contributed by atoms with Crippen LogP contribution >= 0.6 is 0 Å². The van der Waals surface area contributed by atoms with Gasteiger partial charge in [-0.2, -0.15) is 0 Å². The third kappa shape index (κ3) is 18.7. The summed E-state index contributed by atoms with van der Waals surface area (Å²) in [6.07, 6.45) is 2.40. The molecule has 0 fully saturated rings. The topological polar surface area (TPSA) is 63.6 Å².